The average molecular weight is 434 g/mol. The smallest absolute Gasteiger partial charge is 0.285 e. The zero-order chi connectivity index (χ0) is 21.9. The maximum atomic E-state index is 13.2. The van der Waals surface area contributed by atoms with Crippen molar-refractivity contribution in [1.82, 2.24) is 5.32 Å². The Labute approximate surface area is 179 Å². The fourth-order valence-electron chi connectivity index (χ4n) is 4.29. The molecule has 7 nitrogen and oxygen atoms in total. The Kier molecular flexibility index (Phi) is 6.95. The number of nitrogens with zero attached hydrogens (tertiary/aromatic N) is 2. The number of rotatable bonds is 6. The zero-order valence-corrected chi connectivity index (χ0v) is 18.7. The maximum Gasteiger partial charge on any atom is 0.285 e. The second-order valence-electron chi connectivity index (χ2n) is 8.56. The van der Waals surface area contributed by atoms with E-state index in [1.54, 1.807) is 24.3 Å². The van der Waals surface area contributed by atoms with Crippen LogP contribution in [0.25, 0.3) is 0 Å². The maximum absolute atomic E-state index is 13.2. The first-order valence-corrected chi connectivity index (χ1v) is 12.5. The summed E-state index contributed by atoms with van der Waals surface area (Å²) in [4.78, 5) is 30.3. The summed E-state index contributed by atoms with van der Waals surface area (Å²) in [5.41, 5.74) is 1.46. The molecule has 0 radical (unpaired) electrons. The number of benzene rings is 1. The van der Waals surface area contributed by atoms with Crippen molar-refractivity contribution < 1.29 is 18.0 Å². The second-order valence-corrected chi connectivity index (χ2v) is 10.4. The van der Waals surface area contributed by atoms with Crippen molar-refractivity contribution >= 4 is 33.2 Å². The number of amides is 2. The van der Waals surface area contributed by atoms with Crippen molar-refractivity contribution in [3.8, 4) is 0 Å². The molecule has 3 rings (SSSR count). The Morgan fingerprint density at radius 3 is 2.50 bits per heavy atom. The van der Waals surface area contributed by atoms with Gasteiger partial charge in [0.15, 0.2) is 0 Å². The minimum Gasteiger partial charge on any atom is -0.327 e. The molecule has 1 fully saturated rings. The van der Waals surface area contributed by atoms with Crippen LogP contribution in [0.2, 0.25) is 0 Å². The highest BCUT2D eigenvalue weighted by molar-refractivity contribution is 7.92. The van der Waals surface area contributed by atoms with Crippen LogP contribution in [0.15, 0.2) is 29.3 Å². The lowest BCUT2D eigenvalue weighted by Gasteiger charge is -2.24. The van der Waals surface area contributed by atoms with E-state index in [-0.39, 0.29) is 17.5 Å². The largest absolute Gasteiger partial charge is 0.327 e. The lowest BCUT2D eigenvalue weighted by atomic mass is 9.86. The van der Waals surface area contributed by atoms with E-state index in [0.717, 1.165) is 29.8 Å². The van der Waals surface area contributed by atoms with E-state index < -0.39 is 22.1 Å². The summed E-state index contributed by atoms with van der Waals surface area (Å²) in [6, 6.07) is 6.82. The molecular weight excluding hydrogens is 402 g/mol. The number of hydrogen-bond acceptors (Lipinski definition) is 5. The van der Waals surface area contributed by atoms with Crippen LogP contribution in [0.5, 0.6) is 0 Å². The van der Waals surface area contributed by atoms with E-state index >= 15 is 0 Å². The minimum absolute atomic E-state index is 0.0555. The number of nitrogens with one attached hydrogen (secondary N) is 1. The zero-order valence-electron chi connectivity index (χ0n) is 17.9. The third-order valence-corrected chi connectivity index (χ3v) is 6.82. The predicted molar refractivity (Wildman–Crippen MR) is 118 cm³/mol. The lowest BCUT2D eigenvalue weighted by Crippen LogP contribution is -2.49. The van der Waals surface area contributed by atoms with E-state index in [9.17, 15) is 18.0 Å². The van der Waals surface area contributed by atoms with Gasteiger partial charge < -0.3 is 5.32 Å². The first kappa shape index (κ1) is 22.5. The number of para-hydroxylation sites is 1. The van der Waals surface area contributed by atoms with E-state index in [4.69, 9.17) is 0 Å². The van der Waals surface area contributed by atoms with Gasteiger partial charge in [-0.1, -0.05) is 64.2 Å². The molecule has 1 aromatic rings. The Hall–Kier alpha value is -2.22. The van der Waals surface area contributed by atoms with Gasteiger partial charge in [-0.15, -0.1) is 0 Å². The van der Waals surface area contributed by atoms with Gasteiger partial charge in [0.2, 0.25) is 22.1 Å². The Bertz CT molecular complexity index is 933. The lowest BCUT2D eigenvalue weighted by molar-refractivity contribution is -0.127. The number of carbonyl (C=O) groups is 2. The quantitative estimate of drug-likeness (QED) is 0.745. The number of sulfonamides is 1. The molecule has 2 aliphatic rings. The number of hydrogen-bond donors (Lipinski definition) is 1. The molecule has 0 saturated heterocycles. The first-order valence-electron chi connectivity index (χ1n) is 10.7. The van der Waals surface area contributed by atoms with Crippen LogP contribution >= 0.6 is 0 Å². The summed E-state index contributed by atoms with van der Waals surface area (Å²) < 4.78 is 25.8. The summed E-state index contributed by atoms with van der Waals surface area (Å²) in [6.07, 6.45) is 6.77. The Morgan fingerprint density at radius 1 is 1.20 bits per heavy atom. The number of benzodiazepines with no additional fused rings is 1. The highest BCUT2D eigenvalue weighted by Gasteiger charge is 2.37. The van der Waals surface area contributed by atoms with Crippen molar-refractivity contribution in [2.75, 3.05) is 10.6 Å². The van der Waals surface area contributed by atoms with Crippen molar-refractivity contribution in [3.05, 3.63) is 29.8 Å². The van der Waals surface area contributed by atoms with E-state index in [2.05, 4.69) is 10.3 Å². The monoisotopic (exact) mass is 433 g/mol. The van der Waals surface area contributed by atoms with Gasteiger partial charge in [0.25, 0.3) is 5.91 Å². The van der Waals surface area contributed by atoms with Crippen molar-refractivity contribution in [2.45, 2.75) is 65.0 Å². The molecule has 1 atom stereocenters. The molecule has 0 bridgehead atoms. The van der Waals surface area contributed by atoms with Crippen molar-refractivity contribution in [3.63, 3.8) is 0 Å². The number of aliphatic imine (C=N–C) groups is 1. The van der Waals surface area contributed by atoms with Gasteiger partial charge in [-0.3, -0.25) is 14.6 Å². The molecule has 0 aromatic heterocycles. The molecule has 30 heavy (non-hydrogen) atoms. The SMILES string of the molecule is CC(C)C1=NC(NC(=O)CCC2CCCCC2)C(=O)N(S(C)(=O)=O)c2ccccc21. The Balaban J connectivity index is 1.87. The van der Waals surface area contributed by atoms with Crippen LogP contribution < -0.4 is 9.62 Å². The molecule has 0 spiro atoms. The van der Waals surface area contributed by atoms with Crippen molar-refractivity contribution in [2.24, 2.45) is 16.8 Å². The third kappa shape index (κ3) is 5.09. The molecule has 2 amide bonds. The first-order chi connectivity index (χ1) is 14.2. The van der Waals surface area contributed by atoms with Gasteiger partial charge in [-0.05, 0) is 24.3 Å². The Morgan fingerprint density at radius 2 is 1.87 bits per heavy atom. The van der Waals surface area contributed by atoms with Gasteiger partial charge in [-0.2, -0.15) is 0 Å². The number of fused-ring (bicyclic) bond motifs is 1. The fraction of sp³-hybridized carbons (Fsp3) is 0.591. The topological polar surface area (TPSA) is 95.9 Å². The van der Waals surface area contributed by atoms with Crippen LogP contribution in [0.1, 0.15) is 64.4 Å². The highest BCUT2D eigenvalue weighted by Crippen LogP contribution is 2.30. The molecule has 1 aromatic carbocycles. The van der Waals surface area contributed by atoms with Gasteiger partial charge >= 0.3 is 0 Å². The molecular formula is C22H31N3O4S. The van der Waals surface area contributed by atoms with E-state index in [1.165, 1.54) is 19.3 Å². The summed E-state index contributed by atoms with van der Waals surface area (Å²) in [5, 5.41) is 2.69. The molecule has 1 aliphatic heterocycles. The number of carbonyl (C=O) groups excluding carboxylic acids is 2. The van der Waals surface area contributed by atoms with Crippen LogP contribution in [0.4, 0.5) is 5.69 Å². The highest BCUT2D eigenvalue weighted by atomic mass is 32.2. The molecule has 1 unspecified atom stereocenters. The summed E-state index contributed by atoms with van der Waals surface area (Å²) in [6.45, 7) is 3.86. The molecule has 1 aliphatic carbocycles. The summed E-state index contributed by atoms with van der Waals surface area (Å²) in [5.74, 6) is -0.544. The standard InChI is InChI=1S/C22H31N3O4S/c1-15(2)20-17-11-7-8-12-18(17)25(30(3,28)29)22(27)21(24-20)23-19(26)14-13-16-9-5-4-6-10-16/h7-8,11-12,15-16,21H,4-6,9-10,13-14H2,1-3H3,(H,23,26). The van der Waals surface area contributed by atoms with Crippen LogP contribution in [-0.4, -0.2) is 38.4 Å². The molecule has 8 heteroatoms. The summed E-state index contributed by atoms with van der Waals surface area (Å²) in [7, 11) is -3.90. The minimum atomic E-state index is -3.90. The van der Waals surface area contributed by atoms with E-state index in [0.29, 0.717) is 23.6 Å². The summed E-state index contributed by atoms with van der Waals surface area (Å²) >= 11 is 0. The normalized spacial score (nSPS) is 20.5. The van der Waals surface area contributed by atoms with Crippen LogP contribution in [0.3, 0.4) is 0 Å². The predicted octanol–water partition coefficient (Wildman–Crippen LogP) is 3.24. The molecule has 1 saturated carbocycles. The van der Waals surface area contributed by atoms with Crippen LogP contribution in [0, 0.1) is 11.8 Å². The van der Waals surface area contributed by atoms with Crippen LogP contribution in [-0.2, 0) is 19.6 Å². The van der Waals surface area contributed by atoms with E-state index in [1.807, 2.05) is 13.8 Å². The van der Waals surface area contributed by atoms with Gasteiger partial charge in [0.1, 0.15) is 0 Å². The van der Waals surface area contributed by atoms with Gasteiger partial charge in [-0.25, -0.2) is 12.7 Å². The van der Waals surface area contributed by atoms with Crippen molar-refractivity contribution in [1.29, 1.82) is 0 Å². The molecule has 1 heterocycles. The van der Waals surface area contributed by atoms with Gasteiger partial charge in [0.05, 0.1) is 11.9 Å². The fourth-order valence-corrected chi connectivity index (χ4v) is 5.24. The third-order valence-electron chi connectivity index (χ3n) is 5.78. The second kappa shape index (κ2) is 9.29. The average Bonchev–Trinajstić information content (AvgIpc) is 2.81. The van der Waals surface area contributed by atoms with Gasteiger partial charge in [0, 0.05) is 17.7 Å². The molecule has 164 valence electrons. The number of anilines is 1. The molecule has 1 N–H and O–H groups in total.